The Balaban J connectivity index is 2.23. The maximum atomic E-state index is 4.72. The van der Waals surface area contributed by atoms with Crippen LogP contribution in [0.5, 0.6) is 0 Å². The molecular weight excluding hydrogens is 326 g/mol. The van der Waals surface area contributed by atoms with Crippen molar-refractivity contribution in [1.82, 2.24) is 15.1 Å². The molecular formula is C17H24BrN3. The zero-order valence-electron chi connectivity index (χ0n) is 13.3. The summed E-state index contributed by atoms with van der Waals surface area (Å²) in [7, 11) is 0. The van der Waals surface area contributed by atoms with Crippen molar-refractivity contribution >= 4 is 15.9 Å². The Morgan fingerprint density at radius 2 is 1.90 bits per heavy atom. The lowest BCUT2D eigenvalue weighted by molar-refractivity contribution is 0.519. The molecule has 0 fully saturated rings. The molecule has 1 heterocycles. The minimum absolute atomic E-state index is 0.616. The predicted molar refractivity (Wildman–Crippen MR) is 92.1 cm³/mol. The number of aryl methyl sites for hydroxylation is 1. The Bertz CT molecular complexity index is 587. The summed E-state index contributed by atoms with van der Waals surface area (Å²) in [6.45, 7) is 10.8. The first kappa shape index (κ1) is 16.2. The first-order valence-corrected chi connectivity index (χ1v) is 8.34. The molecule has 0 bridgehead atoms. The van der Waals surface area contributed by atoms with E-state index in [2.05, 4.69) is 77.9 Å². The van der Waals surface area contributed by atoms with Crippen LogP contribution in [0.4, 0.5) is 0 Å². The lowest BCUT2D eigenvalue weighted by Gasteiger charge is -2.12. The second kappa shape index (κ2) is 7.23. The molecule has 0 amide bonds. The molecule has 1 aromatic heterocycles. The molecule has 2 aromatic rings. The van der Waals surface area contributed by atoms with Crippen LogP contribution in [-0.2, 0) is 6.42 Å². The summed E-state index contributed by atoms with van der Waals surface area (Å²) >= 11 is 3.48. The molecule has 0 aliphatic carbocycles. The number of hydrogen-bond acceptors (Lipinski definition) is 2. The van der Waals surface area contributed by atoms with Gasteiger partial charge in [-0.2, -0.15) is 5.10 Å². The number of nitrogens with zero attached hydrogens (tertiary/aromatic N) is 2. The van der Waals surface area contributed by atoms with Gasteiger partial charge in [0, 0.05) is 10.2 Å². The van der Waals surface area contributed by atoms with Crippen molar-refractivity contribution in [3.63, 3.8) is 0 Å². The maximum Gasteiger partial charge on any atom is 0.0649 e. The maximum absolute atomic E-state index is 4.72. The molecule has 4 heteroatoms. The van der Waals surface area contributed by atoms with Crippen LogP contribution in [0.15, 0.2) is 28.7 Å². The lowest BCUT2D eigenvalue weighted by Crippen LogP contribution is -2.22. The second-order valence-corrected chi connectivity index (χ2v) is 6.57. The van der Waals surface area contributed by atoms with Gasteiger partial charge in [0.15, 0.2) is 0 Å². The summed E-state index contributed by atoms with van der Waals surface area (Å²) in [6, 6.07) is 8.29. The molecule has 114 valence electrons. The van der Waals surface area contributed by atoms with Gasteiger partial charge in [-0.3, -0.25) is 0 Å². The number of rotatable bonds is 6. The summed E-state index contributed by atoms with van der Waals surface area (Å²) in [5.41, 5.74) is 4.88. The highest BCUT2D eigenvalue weighted by Crippen LogP contribution is 2.22. The van der Waals surface area contributed by atoms with Gasteiger partial charge in [-0.1, -0.05) is 29.8 Å². The van der Waals surface area contributed by atoms with E-state index in [4.69, 9.17) is 5.10 Å². The molecule has 0 aliphatic rings. The molecule has 0 radical (unpaired) electrons. The van der Waals surface area contributed by atoms with Crippen molar-refractivity contribution < 1.29 is 0 Å². The quantitative estimate of drug-likeness (QED) is 0.852. The highest BCUT2D eigenvalue weighted by Gasteiger charge is 2.15. The number of aromatic nitrogens is 2. The zero-order chi connectivity index (χ0) is 15.4. The Hall–Kier alpha value is -1.13. The highest BCUT2D eigenvalue weighted by atomic mass is 79.9. The van der Waals surface area contributed by atoms with Gasteiger partial charge in [0.25, 0.3) is 0 Å². The lowest BCUT2D eigenvalue weighted by atomic mass is 9.99. The van der Waals surface area contributed by atoms with Crippen LogP contribution < -0.4 is 5.32 Å². The molecule has 3 nitrogen and oxygen atoms in total. The van der Waals surface area contributed by atoms with Crippen LogP contribution in [0.3, 0.4) is 0 Å². The van der Waals surface area contributed by atoms with E-state index in [0.29, 0.717) is 5.92 Å². The van der Waals surface area contributed by atoms with E-state index in [1.807, 2.05) is 0 Å². The first-order valence-electron chi connectivity index (χ1n) is 7.54. The molecule has 0 saturated carbocycles. The number of nitrogens with one attached hydrogen (secondary N) is 1. The van der Waals surface area contributed by atoms with Crippen molar-refractivity contribution in [1.29, 1.82) is 0 Å². The normalized spacial score (nSPS) is 12.6. The standard InChI is InChI=1S/C17H24BrN3/c1-5-19-11-12(2)10-17-13(3)20-21(14(17)4)16-8-6-15(18)7-9-16/h6-9,12,19H,5,10-11H2,1-4H3. The number of benzene rings is 1. The molecule has 1 unspecified atom stereocenters. The van der Waals surface area contributed by atoms with Crippen LogP contribution in [0.1, 0.15) is 30.8 Å². The van der Waals surface area contributed by atoms with Crippen LogP contribution in [0.25, 0.3) is 5.69 Å². The Kier molecular flexibility index (Phi) is 5.59. The summed E-state index contributed by atoms with van der Waals surface area (Å²) in [4.78, 5) is 0. The van der Waals surface area contributed by atoms with E-state index in [-0.39, 0.29) is 0 Å². The van der Waals surface area contributed by atoms with Gasteiger partial charge in [-0.15, -0.1) is 0 Å². The van der Waals surface area contributed by atoms with E-state index in [0.717, 1.165) is 35.4 Å². The molecule has 0 saturated heterocycles. The van der Waals surface area contributed by atoms with E-state index in [9.17, 15) is 0 Å². The van der Waals surface area contributed by atoms with E-state index in [1.54, 1.807) is 0 Å². The summed E-state index contributed by atoms with van der Waals surface area (Å²) in [6.07, 6.45) is 1.07. The van der Waals surface area contributed by atoms with Gasteiger partial charge in [-0.25, -0.2) is 4.68 Å². The number of hydrogen-bond donors (Lipinski definition) is 1. The van der Waals surface area contributed by atoms with Crippen molar-refractivity contribution in [3.8, 4) is 5.69 Å². The van der Waals surface area contributed by atoms with Gasteiger partial charge < -0.3 is 5.32 Å². The van der Waals surface area contributed by atoms with Crippen LogP contribution in [-0.4, -0.2) is 22.9 Å². The van der Waals surface area contributed by atoms with Gasteiger partial charge in [0.1, 0.15) is 0 Å². The van der Waals surface area contributed by atoms with E-state index >= 15 is 0 Å². The van der Waals surface area contributed by atoms with Crippen LogP contribution >= 0.6 is 15.9 Å². The van der Waals surface area contributed by atoms with Gasteiger partial charge in [-0.05, 0) is 69.1 Å². The van der Waals surface area contributed by atoms with Crippen molar-refractivity contribution in [2.24, 2.45) is 5.92 Å². The minimum Gasteiger partial charge on any atom is -0.317 e. The molecule has 0 spiro atoms. The average molecular weight is 350 g/mol. The predicted octanol–water partition coefficient (Wildman–Crippen LogP) is 4.04. The minimum atomic E-state index is 0.616. The summed E-state index contributed by atoms with van der Waals surface area (Å²) in [5, 5.41) is 8.14. The molecule has 2 rings (SSSR count). The largest absolute Gasteiger partial charge is 0.317 e. The van der Waals surface area contributed by atoms with Crippen molar-refractivity contribution in [3.05, 3.63) is 45.7 Å². The fourth-order valence-electron chi connectivity index (χ4n) is 2.62. The third-order valence-corrected chi connectivity index (χ3v) is 4.34. The van der Waals surface area contributed by atoms with Crippen molar-refractivity contribution in [2.75, 3.05) is 13.1 Å². The van der Waals surface area contributed by atoms with Crippen LogP contribution in [0.2, 0.25) is 0 Å². The highest BCUT2D eigenvalue weighted by molar-refractivity contribution is 9.10. The van der Waals surface area contributed by atoms with Gasteiger partial charge in [0.2, 0.25) is 0 Å². The monoisotopic (exact) mass is 349 g/mol. The Morgan fingerprint density at radius 1 is 1.24 bits per heavy atom. The third kappa shape index (κ3) is 3.95. The van der Waals surface area contributed by atoms with Gasteiger partial charge >= 0.3 is 0 Å². The molecule has 1 aromatic carbocycles. The van der Waals surface area contributed by atoms with E-state index in [1.165, 1.54) is 11.3 Å². The number of halogens is 1. The molecule has 0 aliphatic heterocycles. The fourth-order valence-corrected chi connectivity index (χ4v) is 2.88. The molecule has 1 N–H and O–H groups in total. The van der Waals surface area contributed by atoms with Crippen LogP contribution in [0, 0.1) is 19.8 Å². The SMILES string of the molecule is CCNCC(C)Cc1c(C)nn(-c2ccc(Br)cc2)c1C. The zero-order valence-corrected chi connectivity index (χ0v) is 14.9. The first-order chi connectivity index (χ1) is 10.0. The summed E-state index contributed by atoms with van der Waals surface area (Å²) in [5.74, 6) is 0.616. The second-order valence-electron chi connectivity index (χ2n) is 5.65. The molecule has 21 heavy (non-hydrogen) atoms. The fraction of sp³-hybridized carbons (Fsp3) is 0.471. The van der Waals surface area contributed by atoms with E-state index < -0.39 is 0 Å². The average Bonchev–Trinajstić information content (AvgIpc) is 2.74. The van der Waals surface area contributed by atoms with Gasteiger partial charge in [0.05, 0.1) is 11.4 Å². The molecule has 1 atom stereocenters. The smallest absolute Gasteiger partial charge is 0.0649 e. The Labute approximate surface area is 135 Å². The Morgan fingerprint density at radius 3 is 2.52 bits per heavy atom. The van der Waals surface area contributed by atoms with Crippen molar-refractivity contribution in [2.45, 2.75) is 34.1 Å². The summed E-state index contributed by atoms with van der Waals surface area (Å²) < 4.78 is 3.14. The third-order valence-electron chi connectivity index (χ3n) is 3.81. The topological polar surface area (TPSA) is 29.9 Å².